The Morgan fingerprint density at radius 3 is 2.32 bits per heavy atom. The summed E-state index contributed by atoms with van der Waals surface area (Å²) in [5.41, 5.74) is 1.27. The van der Waals surface area contributed by atoms with Gasteiger partial charge in [-0.1, -0.05) is 42.5 Å². The lowest BCUT2D eigenvalue weighted by Gasteiger charge is -2.29. The molecule has 22 heavy (non-hydrogen) atoms. The molecule has 0 spiro atoms. The third-order valence-corrected chi connectivity index (χ3v) is 3.87. The lowest BCUT2D eigenvalue weighted by molar-refractivity contribution is 0.0484. The number of benzene rings is 2. The van der Waals surface area contributed by atoms with E-state index >= 15 is 0 Å². The van der Waals surface area contributed by atoms with Gasteiger partial charge in [-0.05, 0) is 24.6 Å². The van der Waals surface area contributed by atoms with Crippen molar-refractivity contribution in [1.82, 2.24) is 4.90 Å². The van der Waals surface area contributed by atoms with Crippen molar-refractivity contribution in [2.45, 2.75) is 19.1 Å². The minimum absolute atomic E-state index is 0.181. The molecular formula is C18H21NO3. The van der Waals surface area contributed by atoms with Gasteiger partial charge < -0.3 is 14.7 Å². The zero-order valence-electron chi connectivity index (χ0n) is 13.1. The first-order valence-electron chi connectivity index (χ1n) is 7.19. The predicted molar refractivity (Wildman–Crippen MR) is 86.0 cm³/mol. The molecule has 2 rings (SSSR count). The van der Waals surface area contributed by atoms with Crippen molar-refractivity contribution < 1.29 is 14.6 Å². The molecule has 0 fully saturated rings. The van der Waals surface area contributed by atoms with Gasteiger partial charge in [0.05, 0.1) is 24.8 Å². The molecule has 0 aliphatic carbocycles. The van der Waals surface area contributed by atoms with Gasteiger partial charge >= 0.3 is 0 Å². The normalized spacial score (nSPS) is 13.3. The van der Waals surface area contributed by atoms with Crippen molar-refractivity contribution in [2.75, 3.05) is 14.2 Å². The number of ether oxygens (including phenoxy) is 1. The molecule has 0 radical (unpaired) electrons. The van der Waals surface area contributed by atoms with Crippen LogP contribution in [0.15, 0.2) is 54.6 Å². The number of carbonyl (C=O) groups excluding carboxylic acids is 1. The van der Waals surface area contributed by atoms with Gasteiger partial charge in [0.25, 0.3) is 5.91 Å². The second-order valence-electron chi connectivity index (χ2n) is 5.21. The predicted octanol–water partition coefficient (Wildman–Crippen LogP) is 2.89. The fourth-order valence-corrected chi connectivity index (χ4v) is 2.34. The number of hydrogen-bond acceptors (Lipinski definition) is 3. The Morgan fingerprint density at radius 1 is 1.09 bits per heavy atom. The fourth-order valence-electron chi connectivity index (χ4n) is 2.34. The third kappa shape index (κ3) is 3.28. The molecular weight excluding hydrogens is 278 g/mol. The number of para-hydroxylation sites is 1. The first kappa shape index (κ1) is 16.0. The monoisotopic (exact) mass is 299 g/mol. The Bertz CT molecular complexity index is 627. The van der Waals surface area contributed by atoms with E-state index in [1.54, 1.807) is 25.2 Å². The van der Waals surface area contributed by atoms with Gasteiger partial charge in [-0.25, -0.2) is 0 Å². The molecule has 2 atom stereocenters. The third-order valence-electron chi connectivity index (χ3n) is 3.87. The largest absolute Gasteiger partial charge is 0.496 e. The highest BCUT2D eigenvalue weighted by Crippen LogP contribution is 2.24. The molecule has 0 aliphatic heterocycles. The molecule has 4 heteroatoms. The van der Waals surface area contributed by atoms with Gasteiger partial charge in [-0.15, -0.1) is 0 Å². The Labute approximate surface area is 131 Å². The van der Waals surface area contributed by atoms with Crippen molar-refractivity contribution in [3.63, 3.8) is 0 Å². The van der Waals surface area contributed by atoms with Crippen LogP contribution in [0.4, 0.5) is 0 Å². The van der Waals surface area contributed by atoms with Gasteiger partial charge in [0.2, 0.25) is 0 Å². The molecule has 0 heterocycles. The maximum Gasteiger partial charge on any atom is 0.257 e. The van der Waals surface area contributed by atoms with Crippen LogP contribution in [0.2, 0.25) is 0 Å². The SMILES string of the molecule is COc1ccccc1C(=O)N(C)C(C)C(O)c1ccccc1. The van der Waals surface area contributed by atoms with Crippen molar-refractivity contribution in [3.8, 4) is 5.75 Å². The molecule has 4 nitrogen and oxygen atoms in total. The summed E-state index contributed by atoms with van der Waals surface area (Å²) in [5.74, 6) is 0.348. The number of hydrogen-bond donors (Lipinski definition) is 1. The number of carbonyl (C=O) groups is 1. The van der Waals surface area contributed by atoms with Crippen LogP contribution in [0.25, 0.3) is 0 Å². The maximum absolute atomic E-state index is 12.6. The summed E-state index contributed by atoms with van der Waals surface area (Å²) < 4.78 is 5.23. The summed E-state index contributed by atoms with van der Waals surface area (Å²) in [6, 6.07) is 16.1. The molecule has 0 aliphatic rings. The number of likely N-dealkylation sites (N-methyl/N-ethyl adjacent to an activating group) is 1. The minimum Gasteiger partial charge on any atom is -0.496 e. The topological polar surface area (TPSA) is 49.8 Å². The quantitative estimate of drug-likeness (QED) is 0.923. The fraction of sp³-hybridized carbons (Fsp3) is 0.278. The first-order chi connectivity index (χ1) is 10.6. The molecule has 2 unspecified atom stereocenters. The molecule has 0 bridgehead atoms. The Kier molecular flexibility index (Phi) is 5.17. The maximum atomic E-state index is 12.6. The van der Waals surface area contributed by atoms with Gasteiger partial charge in [-0.3, -0.25) is 4.79 Å². The highest BCUT2D eigenvalue weighted by atomic mass is 16.5. The van der Waals surface area contributed by atoms with Gasteiger partial charge in [-0.2, -0.15) is 0 Å². The number of rotatable bonds is 5. The molecule has 116 valence electrons. The average molecular weight is 299 g/mol. The highest BCUT2D eigenvalue weighted by molar-refractivity contribution is 5.97. The van der Waals surface area contributed by atoms with Crippen molar-refractivity contribution in [1.29, 1.82) is 0 Å². The van der Waals surface area contributed by atoms with Gasteiger partial charge in [0, 0.05) is 7.05 Å². The van der Waals surface area contributed by atoms with E-state index < -0.39 is 6.10 Å². The molecule has 0 aromatic heterocycles. The second kappa shape index (κ2) is 7.09. The zero-order chi connectivity index (χ0) is 16.1. The zero-order valence-corrected chi connectivity index (χ0v) is 13.1. The minimum atomic E-state index is -0.746. The van der Waals surface area contributed by atoms with Crippen LogP contribution in [0.5, 0.6) is 5.75 Å². The smallest absolute Gasteiger partial charge is 0.257 e. The molecule has 0 saturated heterocycles. The number of methoxy groups -OCH3 is 1. The van der Waals surface area contributed by atoms with E-state index in [2.05, 4.69) is 0 Å². The van der Waals surface area contributed by atoms with Crippen LogP contribution >= 0.6 is 0 Å². The first-order valence-corrected chi connectivity index (χ1v) is 7.19. The van der Waals surface area contributed by atoms with Crippen LogP contribution in [-0.2, 0) is 0 Å². The van der Waals surface area contributed by atoms with Crippen LogP contribution in [0.3, 0.4) is 0 Å². The van der Waals surface area contributed by atoms with Crippen molar-refractivity contribution in [2.24, 2.45) is 0 Å². The van der Waals surface area contributed by atoms with Crippen molar-refractivity contribution >= 4 is 5.91 Å². The summed E-state index contributed by atoms with van der Waals surface area (Å²) in [5, 5.41) is 10.5. The van der Waals surface area contributed by atoms with E-state index in [0.29, 0.717) is 11.3 Å². The van der Waals surface area contributed by atoms with E-state index in [0.717, 1.165) is 5.56 Å². The van der Waals surface area contributed by atoms with Crippen LogP contribution < -0.4 is 4.74 Å². The van der Waals surface area contributed by atoms with Gasteiger partial charge in [0.1, 0.15) is 5.75 Å². The van der Waals surface area contributed by atoms with E-state index in [4.69, 9.17) is 4.74 Å². The number of nitrogens with zero attached hydrogens (tertiary/aromatic N) is 1. The Hall–Kier alpha value is -2.33. The number of aliphatic hydroxyl groups is 1. The summed E-state index contributed by atoms with van der Waals surface area (Å²) in [4.78, 5) is 14.2. The van der Waals surface area contributed by atoms with E-state index in [9.17, 15) is 9.90 Å². The highest BCUT2D eigenvalue weighted by Gasteiger charge is 2.26. The summed E-state index contributed by atoms with van der Waals surface area (Å²) in [7, 11) is 3.22. The van der Waals surface area contributed by atoms with E-state index in [1.807, 2.05) is 43.3 Å². The van der Waals surface area contributed by atoms with E-state index in [-0.39, 0.29) is 11.9 Å². The number of aliphatic hydroxyl groups excluding tert-OH is 1. The standard InChI is InChI=1S/C18H21NO3/c1-13(17(20)14-9-5-4-6-10-14)19(2)18(21)15-11-7-8-12-16(15)22-3/h4-13,17,20H,1-3H3. The van der Waals surface area contributed by atoms with Crippen LogP contribution in [-0.4, -0.2) is 36.1 Å². The lowest BCUT2D eigenvalue weighted by Crippen LogP contribution is -2.39. The second-order valence-corrected chi connectivity index (χ2v) is 5.21. The average Bonchev–Trinajstić information content (AvgIpc) is 2.59. The molecule has 2 aromatic rings. The van der Waals surface area contributed by atoms with Crippen LogP contribution in [0, 0.1) is 0 Å². The Morgan fingerprint density at radius 2 is 1.68 bits per heavy atom. The molecule has 1 amide bonds. The number of amides is 1. The molecule has 1 N–H and O–H groups in total. The lowest BCUT2D eigenvalue weighted by atomic mass is 10.0. The summed E-state index contributed by atoms with van der Waals surface area (Å²) >= 11 is 0. The van der Waals surface area contributed by atoms with Crippen molar-refractivity contribution in [3.05, 3.63) is 65.7 Å². The van der Waals surface area contributed by atoms with Gasteiger partial charge in [0.15, 0.2) is 0 Å². The Balaban J connectivity index is 2.19. The summed E-state index contributed by atoms with van der Waals surface area (Å²) in [6.07, 6.45) is -0.746. The van der Waals surface area contributed by atoms with Crippen LogP contribution in [0.1, 0.15) is 28.9 Å². The summed E-state index contributed by atoms with van der Waals surface area (Å²) in [6.45, 7) is 1.82. The van der Waals surface area contributed by atoms with E-state index in [1.165, 1.54) is 12.0 Å². The molecule has 0 saturated carbocycles. The molecule has 2 aromatic carbocycles.